The Morgan fingerprint density at radius 2 is 2.17 bits per heavy atom. The van der Waals surface area contributed by atoms with Crippen molar-refractivity contribution in [3.63, 3.8) is 0 Å². The summed E-state index contributed by atoms with van der Waals surface area (Å²) < 4.78 is 50.4. The molecule has 12 heavy (non-hydrogen) atoms. The van der Waals surface area contributed by atoms with Gasteiger partial charge in [0.1, 0.15) is 5.75 Å². The highest BCUT2D eigenvalue weighted by molar-refractivity contribution is 7.86. The van der Waals surface area contributed by atoms with Crippen molar-refractivity contribution in [1.29, 1.82) is 0 Å². The normalized spacial score (nSPS) is 31.8. The van der Waals surface area contributed by atoms with Crippen LogP contribution in [0.2, 0.25) is 0 Å². The first-order valence-electron chi connectivity index (χ1n) is 3.60. The third-order valence-electron chi connectivity index (χ3n) is 1.71. The van der Waals surface area contributed by atoms with E-state index in [0.29, 0.717) is 13.0 Å². The van der Waals surface area contributed by atoms with Gasteiger partial charge >= 0.3 is 10.2 Å². The second-order valence-electron chi connectivity index (χ2n) is 2.99. The van der Waals surface area contributed by atoms with Crippen molar-refractivity contribution < 1.29 is 21.4 Å². The second kappa shape index (κ2) is 3.26. The predicted molar refractivity (Wildman–Crippen MR) is 38.8 cm³/mol. The first kappa shape index (κ1) is 9.85. The topological polar surface area (TPSA) is 43.4 Å². The quantitative estimate of drug-likeness (QED) is 0.619. The number of rotatable bonds is 2. The molecular formula is C6H10F2O3S. The van der Waals surface area contributed by atoms with Gasteiger partial charge in [-0.25, -0.2) is 4.39 Å². The molecule has 0 aromatic heterocycles. The van der Waals surface area contributed by atoms with Gasteiger partial charge in [-0.1, -0.05) is 0 Å². The fraction of sp³-hybridized carbons (Fsp3) is 1.00. The predicted octanol–water partition coefficient (Wildman–Crippen LogP) is 0.804. The van der Waals surface area contributed by atoms with E-state index in [-0.39, 0.29) is 13.0 Å². The van der Waals surface area contributed by atoms with Crippen LogP contribution in [-0.2, 0) is 15.0 Å². The number of alkyl halides is 1. The zero-order valence-electron chi connectivity index (χ0n) is 6.42. The average Bonchev–Trinajstić information content (AvgIpc) is 1.83. The summed E-state index contributed by atoms with van der Waals surface area (Å²) in [7, 11) is -4.74. The van der Waals surface area contributed by atoms with Crippen molar-refractivity contribution in [2.75, 3.05) is 19.0 Å². The Morgan fingerprint density at radius 1 is 1.50 bits per heavy atom. The molecule has 0 N–H and O–H groups in total. The summed E-state index contributed by atoms with van der Waals surface area (Å²) in [6.45, 7) is 0.0914. The van der Waals surface area contributed by atoms with Crippen molar-refractivity contribution in [2.45, 2.75) is 18.5 Å². The minimum absolute atomic E-state index is 0.0517. The molecule has 0 aromatic carbocycles. The molecule has 0 bridgehead atoms. The molecule has 0 aromatic rings. The maximum absolute atomic E-state index is 13.3. The Hall–Kier alpha value is -0.230. The van der Waals surface area contributed by atoms with Crippen LogP contribution in [0.25, 0.3) is 0 Å². The largest absolute Gasteiger partial charge is 0.378 e. The number of hydrogen-bond donors (Lipinski definition) is 0. The van der Waals surface area contributed by atoms with Gasteiger partial charge in [0.25, 0.3) is 0 Å². The van der Waals surface area contributed by atoms with Crippen LogP contribution < -0.4 is 0 Å². The van der Waals surface area contributed by atoms with E-state index in [2.05, 4.69) is 0 Å². The van der Waals surface area contributed by atoms with Crippen LogP contribution in [0.4, 0.5) is 8.28 Å². The van der Waals surface area contributed by atoms with E-state index in [9.17, 15) is 16.7 Å². The molecule has 6 heteroatoms. The van der Waals surface area contributed by atoms with E-state index in [0.717, 1.165) is 0 Å². The molecule has 1 aliphatic heterocycles. The molecule has 1 heterocycles. The molecule has 1 unspecified atom stereocenters. The fourth-order valence-electron chi connectivity index (χ4n) is 1.24. The van der Waals surface area contributed by atoms with E-state index >= 15 is 0 Å². The van der Waals surface area contributed by atoms with E-state index in [4.69, 9.17) is 4.74 Å². The highest BCUT2D eigenvalue weighted by Crippen LogP contribution is 2.25. The highest BCUT2D eigenvalue weighted by atomic mass is 32.3. The van der Waals surface area contributed by atoms with Crippen LogP contribution in [0.5, 0.6) is 0 Å². The zero-order valence-corrected chi connectivity index (χ0v) is 7.24. The van der Waals surface area contributed by atoms with Gasteiger partial charge in [0.2, 0.25) is 0 Å². The van der Waals surface area contributed by atoms with Gasteiger partial charge in [-0.3, -0.25) is 0 Å². The Kier molecular flexibility index (Phi) is 2.67. The standard InChI is InChI=1S/C6H10F2O3S/c7-6(5-12(8,9)10)2-1-3-11-4-6/h1-5H2. The number of hydrogen-bond acceptors (Lipinski definition) is 3. The highest BCUT2D eigenvalue weighted by Gasteiger charge is 2.37. The van der Waals surface area contributed by atoms with Crippen molar-refractivity contribution in [3.05, 3.63) is 0 Å². The summed E-state index contributed by atoms with van der Waals surface area (Å²) in [4.78, 5) is 0. The van der Waals surface area contributed by atoms with Crippen LogP contribution in [-0.4, -0.2) is 33.1 Å². The zero-order chi connectivity index (χ0) is 9.24. The van der Waals surface area contributed by atoms with Crippen LogP contribution in [0, 0.1) is 0 Å². The monoisotopic (exact) mass is 200 g/mol. The first-order chi connectivity index (χ1) is 5.41. The molecule has 72 valence electrons. The smallest absolute Gasteiger partial charge is 0.305 e. The van der Waals surface area contributed by atoms with Crippen molar-refractivity contribution in [3.8, 4) is 0 Å². The maximum atomic E-state index is 13.3. The summed E-state index contributed by atoms with van der Waals surface area (Å²) in [5, 5.41) is 0. The molecule has 3 nitrogen and oxygen atoms in total. The number of halogens is 2. The minimum Gasteiger partial charge on any atom is -0.378 e. The Balaban J connectivity index is 2.59. The first-order valence-corrected chi connectivity index (χ1v) is 5.16. The summed E-state index contributed by atoms with van der Waals surface area (Å²) in [6, 6.07) is 0. The summed E-state index contributed by atoms with van der Waals surface area (Å²) in [5.74, 6) is -1.08. The number of ether oxygens (including phenoxy) is 1. The van der Waals surface area contributed by atoms with E-state index in [1.807, 2.05) is 0 Å². The van der Waals surface area contributed by atoms with Gasteiger partial charge in [-0.15, -0.1) is 3.89 Å². The van der Waals surface area contributed by atoms with Gasteiger partial charge in [-0.05, 0) is 12.8 Å². The molecule has 1 fully saturated rings. The molecule has 0 spiro atoms. The maximum Gasteiger partial charge on any atom is 0.305 e. The molecule has 1 aliphatic rings. The average molecular weight is 200 g/mol. The Morgan fingerprint density at radius 3 is 2.58 bits per heavy atom. The minimum atomic E-state index is -4.74. The molecule has 1 saturated heterocycles. The molecular weight excluding hydrogens is 190 g/mol. The van der Waals surface area contributed by atoms with Crippen LogP contribution >= 0.6 is 0 Å². The SMILES string of the molecule is O=S(=O)(F)CC1(F)CCCOC1. The molecule has 0 radical (unpaired) electrons. The van der Waals surface area contributed by atoms with Gasteiger partial charge < -0.3 is 4.74 Å². The summed E-state index contributed by atoms with van der Waals surface area (Å²) in [6.07, 6.45) is 0.488. The molecule has 0 aliphatic carbocycles. The lowest BCUT2D eigenvalue weighted by molar-refractivity contribution is -0.0185. The van der Waals surface area contributed by atoms with Crippen molar-refractivity contribution in [1.82, 2.24) is 0 Å². The van der Waals surface area contributed by atoms with E-state index in [1.54, 1.807) is 0 Å². The van der Waals surface area contributed by atoms with Crippen LogP contribution in [0.15, 0.2) is 0 Å². The Bertz CT molecular complexity index is 244. The lowest BCUT2D eigenvalue weighted by Gasteiger charge is -2.27. The third-order valence-corrected chi connectivity index (χ3v) is 2.57. The Labute approximate surface area is 69.9 Å². The van der Waals surface area contributed by atoms with E-state index in [1.165, 1.54) is 0 Å². The van der Waals surface area contributed by atoms with Crippen LogP contribution in [0.1, 0.15) is 12.8 Å². The summed E-state index contributed by atoms with van der Waals surface area (Å²) in [5.41, 5.74) is -2.02. The lowest BCUT2D eigenvalue weighted by atomic mass is 10.0. The van der Waals surface area contributed by atoms with Crippen molar-refractivity contribution in [2.24, 2.45) is 0 Å². The van der Waals surface area contributed by atoms with Gasteiger partial charge in [-0.2, -0.15) is 8.42 Å². The van der Waals surface area contributed by atoms with Gasteiger partial charge in [0.15, 0.2) is 5.67 Å². The summed E-state index contributed by atoms with van der Waals surface area (Å²) >= 11 is 0. The third kappa shape index (κ3) is 3.02. The molecule has 0 saturated carbocycles. The lowest BCUT2D eigenvalue weighted by Crippen LogP contribution is -2.39. The van der Waals surface area contributed by atoms with Crippen LogP contribution in [0.3, 0.4) is 0 Å². The van der Waals surface area contributed by atoms with Gasteiger partial charge in [0, 0.05) is 6.61 Å². The molecule has 0 amide bonds. The molecule has 1 rings (SSSR count). The molecule has 1 atom stereocenters. The second-order valence-corrected chi connectivity index (χ2v) is 4.36. The van der Waals surface area contributed by atoms with Gasteiger partial charge in [0.05, 0.1) is 6.61 Å². The van der Waals surface area contributed by atoms with E-state index < -0.39 is 21.6 Å². The fourth-order valence-corrected chi connectivity index (χ4v) is 2.09. The van der Waals surface area contributed by atoms with Crippen molar-refractivity contribution >= 4 is 10.2 Å².